The van der Waals surface area contributed by atoms with Gasteiger partial charge in [0.25, 0.3) is 0 Å². The molecule has 3 heterocycles. The van der Waals surface area contributed by atoms with Crippen LogP contribution in [-0.2, 0) is 11.4 Å². The van der Waals surface area contributed by atoms with Gasteiger partial charge in [-0.1, -0.05) is 38.1 Å². The number of Topliss-reactive ketones (excluding diaryl/α,β-unsaturated/α-hetero) is 1. The monoisotopic (exact) mass is 526 g/mol. The highest BCUT2D eigenvalue weighted by molar-refractivity contribution is 6.00. The molecular formula is C30H30N4O5. The normalized spacial score (nSPS) is 17.9. The number of carbonyl (C=O) groups is 1. The summed E-state index contributed by atoms with van der Waals surface area (Å²) in [5.74, 6) is 3.11. The highest BCUT2D eigenvalue weighted by Crippen LogP contribution is 2.51. The average molecular weight is 527 g/mol. The first kappa shape index (κ1) is 24.9. The number of ketones is 1. The minimum atomic E-state index is -0.460. The summed E-state index contributed by atoms with van der Waals surface area (Å²) in [5, 5.41) is 4.62. The Bertz CT molecular complexity index is 1640. The molecule has 0 fully saturated rings. The number of aromatic nitrogens is 4. The largest absolute Gasteiger partial charge is 0.493 e. The van der Waals surface area contributed by atoms with Crippen LogP contribution in [0, 0.1) is 12.3 Å². The van der Waals surface area contributed by atoms with Gasteiger partial charge in [0.2, 0.25) is 5.88 Å². The average Bonchev–Trinajstić information content (AvgIpc) is 3.33. The Balaban J connectivity index is 1.49. The van der Waals surface area contributed by atoms with Crippen LogP contribution in [0.4, 0.5) is 0 Å². The molecule has 6 rings (SSSR count). The third-order valence-corrected chi connectivity index (χ3v) is 7.30. The van der Waals surface area contributed by atoms with Crippen LogP contribution in [0.25, 0.3) is 5.65 Å². The van der Waals surface area contributed by atoms with Crippen molar-refractivity contribution in [3.8, 4) is 23.1 Å². The van der Waals surface area contributed by atoms with Crippen LogP contribution in [0.2, 0.25) is 0 Å². The zero-order chi connectivity index (χ0) is 27.3. The lowest BCUT2D eigenvalue weighted by molar-refractivity contribution is -0.118. The highest BCUT2D eigenvalue weighted by Gasteiger charge is 2.44. The van der Waals surface area contributed by atoms with Crippen molar-refractivity contribution in [3.63, 3.8) is 0 Å². The zero-order valence-corrected chi connectivity index (χ0v) is 22.6. The second kappa shape index (κ2) is 9.41. The van der Waals surface area contributed by atoms with Gasteiger partial charge in [-0.3, -0.25) is 4.79 Å². The Morgan fingerprint density at radius 2 is 1.85 bits per heavy atom. The van der Waals surface area contributed by atoms with Crippen molar-refractivity contribution in [1.29, 1.82) is 0 Å². The van der Waals surface area contributed by atoms with Crippen molar-refractivity contribution in [2.24, 2.45) is 5.41 Å². The van der Waals surface area contributed by atoms with Gasteiger partial charge in [-0.2, -0.15) is 0 Å². The van der Waals surface area contributed by atoms with Gasteiger partial charge >= 0.3 is 0 Å². The van der Waals surface area contributed by atoms with E-state index in [1.54, 1.807) is 25.1 Å². The van der Waals surface area contributed by atoms with Gasteiger partial charge in [0.15, 0.2) is 28.8 Å². The molecule has 9 heteroatoms. The van der Waals surface area contributed by atoms with E-state index in [4.69, 9.17) is 23.9 Å². The molecule has 2 aromatic heterocycles. The number of hydrogen-bond acceptors (Lipinski definition) is 8. The van der Waals surface area contributed by atoms with Gasteiger partial charge in [0.1, 0.15) is 24.4 Å². The fourth-order valence-corrected chi connectivity index (χ4v) is 5.48. The van der Waals surface area contributed by atoms with Crippen molar-refractivity contribution < 1.29 is 23.7 Å². The molecule has 1 atom stereocenters. The molecule has 4 aromatic rings. The minimum Gasteiger partial charge on any atom is -0.493 e. The molecular weight excluding hydrogens is 496 g/mol. The SMILES string of the molecule is COc1ccc([C@H]2C3=C(CC(C)(C)CC3=O)Oc3ncn4nc(COc5ccccc5C)nc4c32)cc1OC. The molecule has 0 spiro atoms. The second-order valence-electron chi connectivity index (χ2n) is 10.7. The minimum absolute atomic E-state index is 0.0521. The van der Waals surface area contributed by atoms with E-state index in [1.165, 1.54) is 0 Å². The molecule has 0 saturated heterocycles. The number of allylic oxidation sites excluding steroid dienone is 2. The molecule has 0 saturated carbocycles. The number of rotatable bonds is 6. The first-order valence-corrected chi connectivity index (χ1v) is 12.9. The summed E-state index contributed by atoms with van der Waals surface area (Å²) in [6.45, 7) is 6.33. The third-order valence-electron chi connectivity index (χ3n) is 7.30. The van der Waals surface area contributed by atoms with Crippen LogP contribution < -0.4 is 18.9 Å². The smallest absolute Gasteiger partial charge is 0.228 e. The van der Waals surface area contributed by atoms with E-state index in [1.807, 2.05) is 49.4 Å². The van der Waals surface area contributed by atoms with Gasteiger partial charge in [0.05, 0.1) is 25.7 Å². The van der Waals surface area contributed by atoms with Crippen molar-refractivity contribution in [2.75, 3.05) is 14.2 Å². The fourth-order valence-electron chi connectivity index (χ4n) is 5.48. The molecule has 200 valence electrons. The summed E-state index contributed by atoms with van der Waals surface area (Å²) >= 11 is 0. The van der Waals surface area contributed by atoms with Gasteiger partial charge in [-0.05, 0) is 41.7 Å². The molecule has 0 radical (unpaired) electrons. The summed E-state index contributed by atoms with van der Waals surface area (Å²) in [5.41, 5.74) is 3.55. The summed E-state index contributed by atoms with van der Waals surface area (Å²) in [7, 11) is 3.19. The summed E-state index contributed by atoms with van der Waals surface area (Å²) in [6.07, 6.45) is 2.64. The molecule has 0 N–H and O–H groups in total. The predicted molar refractivity (Wildman–Crippen MR) is 143 cm³/mol. The van der Waals surface area contributed by atoms with E-state index < -0.39 is 5.92 Å². The van der Waals surface area contributed by atoms with Crippen molar-refractivity contribution in [2.45, 2.75) is 46.1 Å². The molecule has 1 aliphatic carbocycles. The summed E-state index contributed by atoms with van der Waals surface area (Å²) < 4.78 is 25.0. The van der Waals surface area contributed by atoms with Gasteiger partial charge in [-0.15, -0.1) is 5.10 Å². The Labute approximate surface area is 226 Å². The lowest BCUT2D eigenvalue weighted by atomic mass is 9.70. The molecule has 2 aliphatic rings. The van der Waals surface area contributed by atoms with Crippen LogP contribution in [0.15, 0.2) is 60.1 Å². The maximum atomic E-state index is 13.7. The van der Waals surface area contributed by atoms with Gasteiger partial charge in [0, 0.05) is 18.4 Å². The summed E-state index contributed by atoms with van der Waals surface area (Å²) in [4.78, 5) is 23.1. The standard InChI is InChI=1S/C30H30N4O5/c1-17-8-6-7-9-20(17)38-15-24-32-28-27-25(18-10-11-21(36-4)22(12-18)37-5)26-19(35)13-30(2,3)14-23(26)39-29(27)31-16-34(28)33-24/h6-12,16,25H,13-15H2,1-5H3/t25-/m0/s1. The summed E-state index contributed by atoms with van der Waals surface area (Å²) in [6, 6.07) is 13.5. The Hall–Kier alpha value is -4.40. The Morgan fingerprint density at radius 1 is 1.05 bits per heavy atom. The lowest BCUT2D eigenvalue weighted by Gasteiger charge is -2.37. The predicted octanol–water partition coefficient (Wildman–Crippen LogP) is 5.20. The van der Waals surface area contributed by atoms with Crippen molar-refractivity contribution >= 4 is 11.4 Å². The third kappa shape index (κ3) is 4.37. The van der Waals surface area contributed by atoms with E-state index >= 15 is 0 Å². The topological polar surface area (TPSA) is 97.1 Å². The van der Waals surface area contributed by atoms with Crippen molar-refractivity contribution in [3.05, 3.63) is 82.6 Å². The maximum Gasteiger partial charge on any atom is 0.228 e. The van der Waals surface area contributed by atoms with Crippen LogP contribution in [0.3, 0.4) is 0 Å². The molecule has 1 aliphatic heterocycles. The second-order valence-corrected chi connectivity index (χ2v) is 10.7. The Kier molecular flexibility index (Phi) is 6.01. The van der Waals surface area contributed by atoms with E-state index in [2.05, 4.69) is 23.9 Å². The van der Waals surface area contributed by atoms with Gasteiger partial charge in [-0.25, -0.2) is 14.5 Å². The first-order chi connectivity index (χ1) is 18.8. The number of nitrogens with zero attached hydrogens (tertiary/aromatic N) is 4. The number of ether oxygens (including phenoxy) is 4. The Morgan fingerprint density at radius 3 is 2.62 bits per heavy atom. The van der Waals surface area contributed by atoms with Gasteiger partial charge < -0.3 is 18.9 Å². The number of aryl methyl sites for hydroxylation is 1. The molecule has 0 bridgehead atoms. The number of benzene rings is 2. The van der Waals surface area contributed by atoms with Crippen LogP contribution in [0.5, 0.6) is 23.1 Å². The van der Waals surface area contributed by atoms with Crippen LogP contribution in [0.1, 0.15) is 55.1 Å². The zero-order valence-electron chi connectivity index (χ0n) is 22.6. The molecule has 39 heavy (non-hydrogen) atoms. The number of para-hydroxylation sites is 1. The number of hydrogen-bond donors (Lipinski definition) is 0. The number of fused-ring (bicyclic) bond motifs is 3. The number of carbonyl (C=O) groups excluding carboxylic acids is 1. The molecule has 9 nitrogen and oxygen atoms in total. The van der Waals surface area contributed by atoms with E-state index in [0.717, 1.165) is 16.9 Å². The van der Waals surface area contributed by atoms with Crippen molar-refractivity contribution in [1.82, 2.24) is 19.6 Å². The van der Waals surface area contributed by atoms with E-state index in [0.29, 0.717) is 58.6 Å². The van der Waals surface area contributed by atoms with E-state index in [-0.39, 0.29) is 17.8 Å². The molecule has 0 amide bonds. The highest BCUT2D eigenvalue weighted by atomic mass is 16.5. The number of methoxy groups -OCH3 is 2. The fraction of sp³-hybridized carbons (Fsp3) is 0.333. The van der Waals surface area contributed by atoms with E-state index in [9.17, 15) is 4.79 Å². The molecule has 2 aromatic carbocycles. The lowest BCUT2D eigenvalue weighted by Crippen LogP contribution is -2.33. The maximum absolute atomic E-state index is 13.7. The molecule has 0 unspecified atom stereocenters. The van der Waals surface area contributed by atoms with Crippen LogP contribution in [-0.4, -0.2) is 39.6 Å². The quantitative estimate of drug-likeness (QED) is 0.338. The van der Waals surface area contributed by atoms with Crippen LogP contribution >= 0.6 is 0 Å². The first-order valence-electron chi connectivity index (χ1n) is 12.9.